The number of rotatable bonds is 4. The predicted octanol–water partition coefficient (Wildman–Crippen LogP) is 2.15. The number of carbonyl (C=O) groups excluding carboxylic acids is 2. The standard InChI is InChI=1S/C16H18N4O2S/c1-11(21)20-5-2-3-15(20)14-9-17-7-13(19-14)8-18-16(22)12-4-6-23-10-12/h4,6-7,9-10,15H,2-3,5,8H2,1H3,(H,18,22). The molecule has 0 aromatic carbocycles. The third kappa shape index (κ3) is 3.56. The van der Waals surface area contributed by atoms with E-state index in [4.69, 9.17) is 0 Å². The summed E-state index contributed by atoms with van der Waals surface area (Å²) >= 11 is 1.49. The van der Waals surface area contributed by atoms with Crippen molar-refractivity contribution < 1.29 is 9.59 Å². The summed E-state index contributed by atoms with van der Waals surface area (Å²) < 4.78 is 0. The van der Waals surface area contributed by atoms with Crippen LogP contribution in [0.2, 0.25) is 0 Å². The lowest BCUT2D eigenvalue weighted by atomic mass is 10.1. The number of nitrogens with zero attached hydrogens (tertiary/aromatic N) is 3. The molecular formula is C16H18N4O2S. The molecule has 1 atom stereocenters. The van der Waals surface area contributed by atoms with E-state index in [-0.39, 0.29) is 17.9 Å². The van der Waals surface area contributed by atoms with Crippen LogP contribution in [-0.2, 0) is 11.3 Å². The van der Waals surface area contributed by atoms with Gasteiger partial charge in [0.1, 0.15) is 0 Å². The van der Waals surface area contributed by atoms with Gasteiger partial charge in [0.15, 0.2) is 0 Å². The number of hydrogen-bond donors (Lipinski definition) is 1. The molecular weight excluding hydrogens is 312 g/mol. The lowest BCUT2D eigenvalue weighted by Crippen LogP contribution is -2.29. The summed E-state index contributed by atoms with van der Waals surface area (Å²) in [6, 6.07) is 1.78. The highest BCUT2D eigenvalue weighted by molar-refractivity contribution is 7.08. The summed E-state index contributed by atoms with van der Waals surface area (Å²) in [7, 11) is 0. The Morgan fingerprint density at radius 2 is 2.30 bits per heavy atom. The van der Waals surface area contributed by atoms with E-state index in [1.807, 2.05) is 10.3 Å². The van der Waals surface area contributed by atoms with Crippen molar-refractivity contribution in [3.05, 3.63) is 46.2 Å². The zero-order valence-electron chi connectivity index (χ0n) is 12.9. The maximum absolute atomic E-state index is 12.0. The number of amides is 2. The van der Waals surface area contributed by atoms with Crippen molar-refractivity contribution in [2.24, 2.45) is 0 Å². The SMILES string of the molecule is CC(=O)N1CCCC1c1cncc(CNC(=O)c2ccsc2)n1. The normalized spacial score (nSPS) is 17.3. The Morgan fingerprint density at radius 1 is 1.43 bits per heavy atom. The van der Waals surface area contributed by atoms with Crippen molar-refractivity contribution in [2.45, 2.75) is 32.4 Å². The fraction of sp³-hybridized carbons (Fsp3) is 0.375. The molecule has 23 heavy (non-hydrogen) atoms. The molecule has 3 rings (SSSR count). The Labute approximate surface area is 138 Å². The van der Waals surface area contributed by atoms with Gasteiger partial charge in [-0.2, -0.15) is 11.3 Å². The molecule has 1 unspecified atom stereocenters. The molecule has 2 aromatic rings. The van der Waals surface area contributed by atoms with Gasteiger partial charge in [-0.1, -0.05) is 0 Å². The lowest BCUT2D eigenvalue weighted by molar-refractivity contribution is -0.129. The molecule has 0 aliphatic carbocycles. The van der Waals surface area contributed by atoms with Crippen molar-refractivity contribution in [3.8, 4) is 0 Å². The largest absolute Gasteiger partial charge is 0.346 e. The first-order valence-electron chi connectivity index (χ1n) is 7.53. The molecule has 6 nitrogen and oxygen atoms in total. The van der Waals surface area contributed by atoms with Gasteiger partial charge in [0.2, 0.25) is 5.91 Å². The van der Waals surface area contributed by atoms with Gasteiger partial charge in [-0.25, -0.2) is 0 Å². The molecule has 2 aromatic heterocycles. The number of thiophene rings is 1. The lowest BCUT2D eigenvalue weighted by Gasteiger charge is -2.22. The first-order valence-corrected chi connectivity index (χ1v) is 8.48. The summed E-state index contributed by atoms with van der Waals surface area (Å²) in [5.74, 6) is -0.0601. The van der Waals surface area contributed by atoms with Crippen LogP contribution < -0.4 is 5.32 Å². The summed E-state index contributed by atoms with van der Waals surface area (Å²) in [5.41, 5.74) is 2.14. The second-order valence-electron chi connectivity index (χ2n) is 5.50. The van der Waals surface area contributed by atoms with Crippen molar-refractivity contribution in [2.75, 3.05) is 6.54 Å². The Morgan fingerprint density at radius 3 is 3.04 bits per heavy atom. The van der Waals surface area contributed by atoms with Crippen molar-refractivity contribution >= 4 is 23.2 Å². The van der Waals surface area contributed by atoms with Crippen LogP contribution >= 0.6 is 11.3 Å². The minimum absolute atomic E-state index is 0.00692. The number of hydrogen-bond acceptors (Lipinski definition) is 5. The Hall–Kier alpha value is -2.28. The van der Waals surface area contributed by atoms with Gasteiger partial charge in [0.05, 0.1) is 36.4 Å². The highest BCUT2D eigenvalue weighted by Gasteiger charge is 2.29. The van der Waals surface area contributed by atoms with E-state index in [1.54, 1.807) is 30.8 Å². The van der Waals surface area contributed by atoms with E-state index >= 15 is 0 Å². The molecule has 1 aliphatic heterocycles. The molecule has 0 radical (unpaired) electrons. The van der Waals surface area contributed by atoms with Gasteiger partial charge in [-0.3, -0.25) is 19.6 Å². The summed E-state index contributed by atoms with van der Waals surface area (Å²) in [6.07, 6.45) is 5.23. The fourth-order valence-electron chi connectivity index (χ4n) is 2.79. The molecule has 3 heterocycles. The first-order chi connectivity index (χ1) is 11.1. The number of nitrogens with one attached hydrogen (secondary N) is 1. The van der Waals surface area contributed by atoms with Crippen LogP contribution in [0, 0.1) is 0 Å². The number of carbonyl (C=O) groups is 2. The van der Waals surface area contributed by atoms with Gasteiger partial charge in [-0.05, 0) is 24.3 Å². The Bertz CT molecular complexity index is 702. The molecule has 0 spiro atoms. The third-order valence-electron chi connectivity index (χ3n) is 3.92. The van der Waals surface area contributed by atoms with E-state index < -0.39 is 0 Å². The second-order valence-corrected chi connectivity index (χ2v) is 6.28. The van der Waals surface area contributed by atoms with Gasteiger partial charge >= 0.3 is 0 Å². The molecule has 1 aliphatic rings. The van der Waals surface area contributed by atoms with E-state index in [1.165, 1.54) is 11.3 Å². The predicted molar refractivity (Wildman–Crippen MR) is 86.9 cm³/mol. The van der Waals surface area contributed by atoms with Gasteiger partial charge in [0.25, 0.3) is 5.91 Å². The monoisotopic (exact) mass is 330 g/mol. The molecule has 1 N–H and O–H groups in total. The van der Waals surface area contributed by atoms with Gasteiger partial charge in [-0.15, -0.1) is 0 Å². The minimum Gasteiger partial charge on any atom is -0.346 e. The molecule has 0 saturated carbocycles. The van der Waals surface area contributed by atoms with Crippen LogP contribution in [0.1, 0.15) is 47.6 Å². The van der Waals surface area contributed by atoms with E-state index in [0.717, 1.165) is 25.1 Å². The van der Waals surface area contributed by atoms with Crippen LogP contribution in [0.5, 0.6) is 0 Å². The number of likely N-dealkylation sites (tertiary alicyclic amines) is 1. The van der Waals surface area contributed by atoms with Crippen molar-refractivity contribution in [1.29, 1.82) is 0 Å². The van der Waals surface area contributed by atoms with E-state index in [0.29, 0.717) is 17.8 Å². The summed E-state index contributed by atoms with van der Waals surface area (Å²) in [6.45, 7) is 2.67. The zero-order chi connectivity index (χ0) is 16.2. The summed E-state index contributed by atoms with van der Waals surface area (Å²) in [4.78, 5) is 34.3. The van der Waals surface area contributed by atoms with Crippen LogP contribution in [0.3, 0.4) is 0 Å². The molecule has 1 fully saturated rings. The zero-order valence-corrected chi connectivity index (χ0v) is 13.7. The van der Waals surface area contributed by atoms with E-state index in [2.05, 4.69) is 15.3 Å². The third-order valence-corrected chi connectivity index (χ3v) is 4.60. The Balaban J connectivity index is 1.68. The van der Waals surface area contributed by atoms with Gasteiger partial charge in [0, 0.05) is 24.4 Å². The highest BCUT2D eigenvalue weighted by atomic mass is 32.1. The maximum atomic E-state index is 12.0. The van der Waals surface area contributed by atoms with Crippen LogP contribution in [0.15, 0.2) is 29.2 Å². The van der Waals surface area contributed by atoms with Gasteiger partial charge < -0.3 is 10.2 Å². The highest BCUT2D eigenvalue weighted by Crippen LogP contribution is 2.30. The van der Waals surface area contributed by atoms with E-state index in [9.17, 15) is 9.59 Å². The number of aromatic nitrogens is 2. The molecule has 2 amide bonds. The second kappa shape index (κ2) is 6.87. The maximum Gasteiger partial charge on any atom is 0.252 e. The average molecular weight is 330 g/mol. The summed E-state index contributed by atoms with van der Waals surface area (Å²) in [5, 5.41) is 6.51. The quantitative estimate of drug-likeness (QED) is 0.932. The topological polar surface area (TPSA) is 75.2 Å². The molecule has 120 valence electrons. The average Bonchev–Trinajstić information content (AvgIpc) is 3.23. The Kier molecular flexibility index (Phi) is 4.66. The fourth-order valence-corrected chi connectivity index (χ4v) is 3.42. The van der Waals surface area contributed by atoms with Crippen molar-refractivity contribution in [3.63, 3.8) is 0 Å². The first kappa shape index (κ1) is 15.6. The van der Waals surface area contributed by atoms with Crippen LogP contribution in [0.4, 0.5) is 0 Å². The minimum atomic E-state index is -0.121. The molecule has 0 bridgehead atoms. The molecule has 7 heteroatoms. The smallest absolute Gasteiger partial charge is 0.252 e. The van der Waals surface area contributed by atoms with Crippen LogP contribution in [-0.4, -0.2) is 33.2 Å². The van der Waals surface area contributed by atoms with Crippen molar-refractivity contribution in [1.82, 2.24) is 20.2 Å². The van der Waals surface area contributed by atoms with Crippen LogP contribution in [0.25, 0.3) is 0 Å². The molecule has 1 saturated heterocycles.